The molecule has 0 aliphatic carbocycles. The molecular weight excluding hydrogens is 312 g/mol. The molecule has 1 aromatic carbocycles. The van der Waals surface area contributed by atoms with Gasteiger partial charge in [-0.1, -0.05) is 33.6 Å². The van der Waals surface area contributed by atoms with Crippen LogP contribution in [-0.2, 0) is 10.0 Å². The molecule has 1 aromatic rings. The van der Waals surface area contributed by atoms with E-state index in [1.54, 1.807) is 12.1 Å². The van der Waals surface area contributed by atoms with Crippen LogP contribution in [0.1, 0.15) is 52.9 Å². The highest BCUT2D eigenvalue weighted by Crippen LogP contribution is 2.14. The Labute approximate surface area is 141 Å². The van der Waals surface area contributed by atoms with E-state index >= 15 is 0 Å². The highest BCUT2D eigenvalue weighted by Gasteiger charge is 2.06. The van der Waals surface area contributed by atoms with E-state index in [9.17, 15) is 8.42 Å². The number of ether oxygens (including phenoxy) is 1. The summed E-state index contributed by atoms with van der Waals surface area (Å²) in [5.41, 5.74) is 0. The quantitative estimate of drug-likeness (QED) is 0.638. The molecule has 1 rings (SSSR count). The van der Waals surface area contributed by atoms with E-state index in [2.05, 4.69) is 19.2 Å². The fraction of sp³-hybridized carbons (Fsp3) is 0.647. The monoisotopic (exact) mass is 344 g/mol. The lowest BCUT2D eigenvalue weighted by molar-refractivity contribution is 0.317. The van der Waals surface area contributed by atoms with Gasteiger partial charge < -0.3 is 10.1 Å². The first kappa shape index (κ1) is 21.9. The molecule has 0 atom stereocenters. The van der Waals surface area contributed by atoms with Gasteiger partial charge in [0.2, 0.25) is 10.0 Å². The van der Waals surface area contributed by atoms with E-state index < -0.39 is 10.0 Å². The predicted octanol–water partition coefficient (Wildman–Crippen LogP) is 3.30. The Bertz CT molecular complexity index is 481. The maximum atomic E-state index is 10.9. The molecular formula is C17H32N2O3S. The van der Waals surface area contributed by atoms with Gasteiger partial charge in [0.25, 0.3) is 0 Å². The molecule has 0 bridgehead atoms. The minimum Gasteiger partial charge on any atom is -0.494 e. The maximum absolute atomic E-state index is 10.9. The van der Waals surface area contributed by atoms with Gasteiger partial charge in [-0.3, -0.25) is 0 Å². The zero-order valence-electron chi connectivity index (χ0n) is 14.7. The summed E-state index contributed by atoms with van der Waals surface area (Å²) >= 11 is 0. The van der Waals surface area contributed by atoms with Crippen molar-refractivity contribution >= 4 is 10.0 Å². The third-order valence-electron chi connectivity index (χ3n) is 3.04. The van der Waals surface area contributed by atoms with Crippen molar-refractivity contribution in [2.24, 2.45) is 5.14 Å². The van der Waals surface area contributed by atoms with Gasteiger partial charge in [-0.2, -0.15) is 0 Å². The molecule has 134 valence electrons. The second-order valence-corrected chi connectivity index (χ2v) is 6.88. The number of hydrogen-bond acceptors (Lipinski definition) is 4. The molecule has 23 heavy (non-hydrogen) atoms. The number of nitrogens with two attached hydrogens (primary N) is 1. The van der Waals surface area contributed by atoms with Gasteiger partial charge in [0.1, 0.15) is 5.75 Å². The molecule has 0 unspecified atom stereocenters. The van der Waals surface area contributed by atoms with Crippen molar-refractivity contribution < 1.29 is 13.2 Å². The molecule has 0 heterocycles. The zero-order valence-corrected chi connectivity index (χ0v) is 15.5. The molecule has 0 aliphatic heterocycles. The SMILES string of the molecule is CCCCNCCCC.CCCOc1ccc(S(N)(=O)=O)cc1. The van der Waals surface area contributed by atoms with Gasteiger partial charge in [-0.05, 0) is 56.6 Å². The molecule has 0 fully saturated rings. The first-order valence-electron chi connectivity index (χ1n) is 8.42. The van der Waals surface area contributed by atoms with Crippen LogP contribution in [-0.4, -0.2) is 28.1 Å². The summed E-state index contributed by atoms with van der Waals surface area (Å²) in [7, 11) is -3.60. The topological polar surface area (TPSA) is 81.4 Å². The Morgan fingerprint density at radius 2 is 1.48 bits per heavy atom. The van der Waals surface area contributed by atoms with E-state index in [0.717, 1.165) is 6.42 Å². The molecule has 0 saturated heterocycles. The summed E-state index contributed by atoms with van der Waals surface area (Å²) in [6.07, 6.45) is 6.17. The van der Waals surface area contributed by atoms with Crippen molar-refractivity contribution in [2.75, 3.05) is 19.7 Å². The van der Waals surface area contributed by atoms with Crippen LogP contribution in [0.3, 0.4) is 0 Å². The fourth-order valence-electron chi connectivity index (χ4n) is 1.67. The second-order valence-electron chi connectivity index (χ2n) is 5.32. The minimum atomic E-state index is -3.60. The Kier molecular flexibility index (Phi) is 12.7. The Morgan fingerprint density at radius 1 is 0.957 bits per heavy atom. The van der Waals surface area contributed by atoms with Gasteiger partial charge in [-0.25, -0.2) is 13.6 Å². The number of hydrogen-bond donors (Lipinski definition) is 2. The van der Waals surface area contributed by atoms with Crippen LogP contribution in [0, 0.1) is 0 Å². The summed E-state index contributed by atoms with van der Waals surface area (Å²) < 4.78 is 27.1. The van der Waals surface area contributed by atoms with E-state index in [1.165, 1.54) is 50.9 Å². The van der Waals surface area contributed by atoms with E-state index in [0.29, 0.717) is 12.4 Å². The maximum Gasteiger partial charge on any atom is 0.238 e. The highest BCUT2D eigenvalue weighted by atomic mass is 32.2. The molecule has 0 aliphatic rings. The van der Waals surface area contributed by atoms with Crippen LogP contribution in [0.15, 0.2) is 29.2 Å². The Balaban J connectivity index is 0.000000468. The summed E-state index contributed by atoms with van der Waals surface area (Å²) in [6, 6.07) is 6.05. The van der Waals surface area contributed by atoms with E-state index in [-0.39, 0.29) is 4.90 Å². The smallest absolute Gasteiger partial charge is 0.238 e. The van der Waals surface area contributed by atoms with Crippen LogP contribution in [0.5, 0.6) is 5.75 Å². The largest absolute Gasteiger partial charge is 0.494 e. The van der Waals surface area contributed by atoms with Crippen molar-refractivity contribution in [2.45, 2.75) is 57.8 Å². The third-order valence-corrected chi connectivity index (χ3v) is 3.97. The van der Waals surface area contributed by atoms with Crippen LogP contribution in [0.2, 0.25) is 0 Å². The first-order valence-corrected chi connectivity index (χ1v) is 9.96. The summed E-state index contributed by atoms with van der Waals surface area (Å²) in [6.45, 7) is 9.48. The molecule has 3 N–H and O–H groups in total. The molecule has 0 radical (unpaired) electrons. The van der Waals surface area contributed by atoms with Crippen molar-refractivity contribution in [3.05, 3.63) is 24.3 Å². The van der Waals surface area contributed by atoms with Gasteiger partial charge in [0, 0.05) is 0 Å². The highest BCUT2D eigenvalue weighted by molar-refractivity contribution is 7.89. The van der Waals surface area contributed by atoms with Crippen LogP contribution in [0.25, 0.3) is 0 Å². The predicted molar refractivity (Wildman–Crippen MR) is 96.3 cm³/mol. The number of benzene rings is 1. The van der Waals surface area contributed by atoms with Gasteiger partial charge in [-0.15, -0.1) is 0 Å². The van der Waals surface area contributed by atoms with E-state index in [4.69, 9.17) is 9.88 Å². The van der Waals surface area contributed by atoms with Crippen molar-refractivity contribution in [1.82, 2.24) is 5.32 Å². The Morgan fingerprint density at radius 3 is 1.87 bits per heavy atom. The van der Waals surface area contributed by atoms with Gasteiger partial charge >= 0.3 is 0 Å². The molecule has 0 amide bonds. The number of sulfonamides is 1. The average molecular weight is 345 g/mol. The van der Waals surface area contributed by atoms with Gasteiger partial charge in [0.15, 0.2) is 0 Å². The zero-order chi connectivity index (χ0) is 17.6. The summed E-state index contributed by atoms with van der Waals surface area (Å²) in [5, 5.41) is 8.33. The lowest BCUT2D eigenvalue weighted by Crippen LogP contribution is -2.15. The minimum absolute atomic E-state index is 0.0985. The fourth-order valence-corrected chi connectivity index (χ4v) is 2.19. The van der Waals surface area contributed by atoms with E-state index in [1.807, 2.05) is 6.92 Å². The molecule has 0 spiro atoms. The standard InChI is InChI=1S/C9H13NO3S.C8H19N/c1-2-7-13-8-3-5-9(6-4-8)14(10,11)12;1-3-5-7-9-8-6-4-2/h3-6H,2,7H2,1H3,(H2,10,11,12);9H,3-8H2,1-2H3. The van der Waals surface area contributed by atoms with Crippen LogP contribution >= 0.6 is 0 Å². The Hall–Kier alpha value is -1.11. The molecule has 6 heteroatoms. The number of unbranched alkanes of at least 4 members (excludes halogenated alkanes) is 2. The lowest BCUT2D eigenvalue weighted by Gasteiger charge is -2.04. The van der Waals surface area contributed by atoms with Crippen molar-refractivity contribution in [3.8, 4) is 5.75 Å². The number of primary sulfonamides is 1. The number of rotatable bonds is 10. The van der Waals surface area contributed by atoms with Crippen LogP contribution in [0.4, 0.5) is 0 Å². The van der Waals surface area contributed by atoms with Gasteiger partial charge in [0.05, 0.1) is 11.5 Å². The number of nitrogens with one attached hydrogen (secondary N) is 1. The average Bonchev–Trinajstić information content (AvgIpc) is 2.53. The lowest BCUT2D eigenvalue weighted by atomic mass is 10.3. The second kappa shape index (κ2) is 13.3. The molecule has 0 saturated carbocycles. The third kappa shape index (κ3) is 12.0. The first-order chi connectivity index (χ1) is 11.0. The summed E-state index contributed by atoms with van der Waals surface area (Å²) in [4.78, 5) is 0.0985. The van der Waals surface area contributed by atoms with Crippen molar-refractivity contribution in [3.63, 3.8) is 0 Å². The summed E-state index contributed by atoms with van der Waals surface area (Å²) in [5.74, 6) is 0.652. The normalized spacial score (nSPS) is 10.8. The van der Waals surface area contributed by atoms with Crippen molar-refractivity contribution in [1.29, 1.82) is 0 Å². The van der Waals surface area contributed by atoms with Crippen LogP contribution < -0.4 is 15.2 Å². The molecule has 0 aromatic heterocycles. The molecule has 5 nitrogen and oxygen atoms in total.